The maximum atomic E-state index is 13.4. The Balaban J connectivity index is -0.00000225. The molecule has 0 N–H and O–H groups in total. The Labute approximate surface area is 166 Å². The first-order valence-electron chi connectivity index (χ1n) is 7.00. The third-order valence-electron chi connectivity index (χ3n) is 3.01. The zero-order valence-corrected chi connectivity index (χ0v) is 14.0. The van der Waals surface area contributed by atoms with Crippen molar-refractivity contribution in [2.24, 2.45) is 5.41 Å². The molecule has 0 saturated carbocycles. The monoisotopic (exact) mass is 434 g/mol. The molecule has 6 nitrogen and oxygen atoms in total. The van der Waals surface area contributed by atoms with Crippen LogP contribution < -0.4 is 4.74 Å². The molecule has 0 heterocycles. The standard InChI is InChI=1S/C15H15F5O6.3CH4/c1-7(21)24-5-15(2,4-23-3)6-25-14(22)26-13-11(19)9(17)8(16)10(18)12(13)20;;;/h4-6H2,1-3H3;3*1H4. The van der Waals surface area contributed by atoms with Gasteiger partial charge in [0, 0.05) is 14.0 Å². The summed E-state index contributed by atoms with van der Waals surface area (Å²) in [6, 6.07) is 0. The van der Waals surface area contributed by atoms with Crippen LogP contribution in [-0.4, -0.2) is 39.1 Å². The number of hydrogen-bond donors (Lipinski definition) is 0. The van der Waals surface area contributed by atoms with Crippen LogP contribution in [0.2, 0.25) is 0 Å². The van der Waals surface area contributed by atoms with E-state index >= 15 is 0 Å². The highest BCUT2D eigenvalue weighted by atomic mass is 19.2. The van der Waals surface area contributed by atoms with Crippen LogP contribution >= 0.6 is 0 Å². The number of esters is 1. The van der Waals surface area contributed by atoms with E-state index in [1.165, 1.54) is 14.0 Å². The first-order chi connectivity index (χ1) is 12.0. The lowest BCUT2D eigenvalue weighted by atomic mass is 9.94. The van der Waals surface area contributed by atoms with E-state index in [-0.39, 0.29) is 35.5 Å². The van der Waals surface area contributed by atoms with Crippen LogP contribution in [0.5, 0.6) is 5.75 Å². The Hall–Kier alpha value is -2.43. The van der Waals surface area contributed by atoms with Gasteiger partial charge in [-0.2, -0.15) is 8.78 Å². The molecule has 0 radical (unpaired) electrons. The van der Waals surface area contributed by atoms with E-state index in [4.69, 9.17) is 9.47 Å². The molecule has 0 bridgehead atoms. The van der Waals surface area contributed by atoms with Gasteiger partial charge in [-0.25, -0.2) is 18.0 Å². The molecule has 29 heavy (non-hydrogen) atoms. The molecule has 1 rings (SSSR count). The lowest BCUT2D eigenvalue weighted by Crippen LogP contribution is -2.36. The van der Waals surface area contributed by atoms with Gasteiger partial charge in [-0.05, 0) is 0 Å². The molecule has 0 aliphatic carbocycles. The average molecular weight is 434 g/mol. The number of benzene rings is 1. The largest absolute Gasteiger partial charge is 0.514 e. The van der Waals surface area contributed by atoms with Gasteiger partial charge in [0.15, 0.2) is 0 Å². The second kappa shape index (κ2) is 12.9. The van der Waals surface area contributed by atoms with E-state index in [0.29, 0.717) is 0 Å². The number of hydrogen-bond acceptors (Lipinski definition) is 6. The number of carbonyl (C=O) groups is 2. The summed E-state index contributed by atoms with van der Waals surface area (Å²) in [6.45, 7) is 1.86. The predicted octanol–water partition coefficient (Wildman–Crippen LogP) is 5.02. The fourth-order valence-corrected chi connectivity index (χ4v) is 1.77. The van der Waals surface area contributed by atoms with Crippen molar-refractivity contribution in [3.63, 3.8) is 0 Å². The van der Waals surface area contributed by atoms with Crippen molar-refractivity contribution in [3.8, 4) is 5.75 Å². The minimum Gasteiger partial charge on any atom is -0.465 e. The highest BCUT2D eigenvalue weighted by molar-refractivity contribution is 5.66. The van der Waals surface area contributed by atoms with E-state index in [1.807, 2.05) is 0 Å². The van der Waals surface area contributed by atoms with Crippen molar-refractivity contribution in [3.05, 3.63) is 29.1 Å². The SMILES string of the molecule is C.C.C.COCC(C)(COC(C)=O)COC(=O)Oc1c(F)c(F)c(F)c(F)c1F. The third-order valence-corrected chi connectivity index (χ3v) is 3.01. The molecule has 0 spiro atoms. The van der Waals surface area contributed by atoms with E-state index < -0.39 is 59.0 Å². The van der Waals surface area contributed by atoms with Gasteiger partial charge in [-0.3, -0.25) is 4.79 Å². The molecule has 170 valence electrons. The second-order valence-corrected chi connectivity index (χ2v) is 5.56. The molecule has 0 saturated heterocycles. The predicted molar refractivity (Wildman–Crippen MR) is 95.0 cm³/mol. The van der Waals surface area contributed by atoms with Crippen LogP contribution in [0.25, 0.3) is 0 Å². The second-order valence-electron chi connectivity index (χ2n) is 5.56. The van der Waals surface area contributed by atoms with E-state index in [9.17, 15) is 31.5 Å². The topological polar surface area (TPSA) is 71.1 Å². The summed E-state index contributed by atoms with van der Waals surface area (Å²) >= 11 is 0. The van der Waals surface area contributed by atoms with Crippen molar-refractivity contribution < 1.29 is 50.5 Å². The quantitative estimate of drug-likeness (QED) is 0.197. The van der Waals surface area contributed by atoms with Crippen LogP contribution in [-0.2, 0) is 19.0 Å². The lowest BCUT2D eigenvalue weighted by molar-refractivity contribution is -0.146. The number of rotatable bonds is 7. The molecule has 1 unspecified atom stereocenters. The molecular weight excluding hydrogens is 407 g/mol. The van der Waals surface area contributed by atoms with Gasteiger partial charge in [0.2, 0.25) is 34.8 Å². The van der Waals surface area contributed by atoms with Gasteiger partial charge < -0.3 is 18.9 Å². The van der Waals surface area contributed by atoms with E-state index in [1.54, 1.807) is 0 Å². The fourth-order valence-electron chi connectivity index (χ4n) is 1.77. The van der Waals surface area contributed by atoms with Crippen molar-refractivity contribution in [1.82, 2.24) is 0 Å². The van der Waals surface area contributed by atoms with Gasteiger partial charge in [0.05, 0.1) is 12.0 Å². The van der Waals surface area contributed by atoms with Crippen molar-refractivity contribution >= 4 is 12.1 Å². The zero-order chi connectivity index (χ0) is 20.1. The van der Waals surface area contributed by atoms with E-state index in [0.717, 1.165) is 6.92 Å². The summed E-state index contributed by atoms with van der Waals surface area (Å²) in [5.74, 6) is -14.0. The maximum absolute atomic E-state index is 13.4. The van der Waals surface area contributed by atoms with Crippen LogP contribution in [0.4, 0.5) is 26.7 Å². The number of ether oxygens (including phenoxy) is 4. The van der Waals surface area contributed by atoms with Crippen LogP contribution in [0.3, 0.4) is 0 Å². The minimum absolute atomic E-state index is 0. The Morgan fingerprint density at radius 3 is 1.62 bits per heavy atom. The van der Waals surface area contributed by atoms with Gasteiger partial charge in [0.1, 0.15) is 13.2 Å². The van der Waals surface area contributed by atoms with Crippen LogP contribution in [0.15, 0.2) is 0 Å². The van der Waals surface area contributed by atoms with Crippen LogP contribution in [0.1, 0.15) is 36.1 Å². The Bertz CT molecular complexity index is 669. The number of methoxy groups -OCH3 is 1. The van der Waals surface area contributed by atoms with Gasteiger partial charge in [0.25, 0.3) is 0 Å². The smallest absolute Gasteiger partial charge is 0.465 e. The normalized spacial score (nSPS) is 11.7. The summed E-state index contributed by atoms with van der Waals surface area (Å²) < 4.78 is 84.3. The summed E-state index contributed by atoms with van der Waals surface area (Å²) in [6.07, 6.45) is -1.72. The van der Waals surface area contributed by atoms with Gasteiger partial charge in [-0.1, -0.05) is 29.2 Å². The van der Waals surface area contributed by atoms with Gasteiger partial charge >= 0.3 is 12.1 Å². The fraction of sp³-hybridized carbons (Fsp3) is 0.556. The van der Waals surface area contributed by atoms with Crippen molar-refractivity contribution in [2.75, 3.05) is 26.9 Å². The summed E-state index contributed by atoms with van der Waals surface area (Å²) in [5.41, 5.74) is -1.05. The Morgan fingerprint density at radius 1 is 0.793 bits per heavy atom. The first kappa shape index (κ1) is 31.3. The Morgan fingerprint density at radius 2 is 1.21 bits per heavy atom. The first-order valence-corrected chi connectivity index (χ1v) is 7.00. The molecule has 1 aromatic carbocycles. The molecule has 0 amide bonds. The summed E-state index contributed by atoms with van der Waals surface area (Å²) in [4.78, 5) is 22.4. The molecule has 0 fully saturated rings. The van der Waals surface area contributed by atoms with E-state index in [2.05, 4.69) is 9.47 Å². The zero-order valence-electron chi connectivity index (χ0n) is 14.0. The third kappa shape index (κ3) is 8.22. The summed E-state index contributed by atoms with van der Waals surface area (Å²) in [7, 11) is 1.32. The number of carbonyl (C=O) groups excluding carboxylic acids is 2. The van der Waals surface area contributed by atoms with Gasteiger partial charge in [-0.15, -0.1) is 0 Å². The molecule has 0 aliphatic heterocycles. The molecule has 0 aliphatic rings. The minimum atomic E-state index is -2.39. The molecule has 0 aromatic heterocycles. The molecule has 1 aromatic rings. The molecular formula is C18H27F5O6. The molecule has 1 atom stereocenters. The van der Waals surface area contributed by atoms with Crippen molar-refractivity contribution in [1.29, 1.82) is 0 Å². The Kier molecular flexibility index (Phi) is 13.9. The highest BCUT2D eigenvalue weighted by Gasteiger charge is 2.31. The molecule has 11 heteroatoms. The van der Waals surface area contributed by atoms with Crippen molar-refractivity contribution in [2.45, 2.75) is 36.1 Å². The lowest BCUT2D eigenvalue weighted by Gasteiger charge is -2.27. The highest BCUT2D eigenvalue weighted by Crippen LogP contribution is 2.29. The summed E-state index contributed by atoms with van der Waals surface area (Å²) in [5, 5.41) is 0. The maximum Gasteiger partial charge on any atom is 0.514 e. The number of halogens is 5. The van der Waals surface area contributed by atoms with Crippen LogP contribution in [0, 0.1) is 34.5 Å². The average Bonchev–Trinajstić information content (AvgIpc) is 2.59.